The second-order valence-corrected chi connectivity index (χ2v) is 12.1. The number of hydrogen-bond donors (Lipinski definition) is 1. The Balaban J connectivity index is 1.70. The van der Waals surface area contributed by atoms with Crippen LogP contribution in [0.15, 0.2) is 30.5 Å². The van der Waals surface area contributed by atoms with Crippen LogP contribution < -0.4 is 10.6 Å². The summed E-state index contributed by atoms with van der Waals surface area (Å²) < 4.78 is 53.9. The van der Waals surface area contributed by atoms with E-state index < -0.39 is 24.9 Å². The Kier molecular flexibility index (Phi) is 6.62. The van der Waals surface area contributed by atoms with Gasteiger partial charge >= 0.3 is 6.18 Å². The maximum Gasteiger partial charge on any atom is 0.416 e. The van der Waals surface area contributed by atoms with Crippen molar-refractivity contribution in [1.82, 2.24) is 19.9 Å². The fraction of sp³-hybridized carbons (Fsp3) is 0.417. The second kappa shape index (κ2) is 9.22. The molecule has 1 saturated heterocycles. The topological polar surface area (TPSA) is 88.1 Å². The minimum atomic E-state index is -4.44. The predicted octanol–water partition coefficient (Wildman–Crippen LogP) is 4.68. The SMILES string of the molecule is CC(=O)N1CCP(=O)(c2cnc3nc(C)nc(N[C@H](C)c4cccc(C(F)(F)F)c4C)c3c2)CC1. The van der Waals surface area contributed by atoms with E-state index in [4.69, 9.17) is 0 Å². The van der Waals surface area contributed by atoms with E-state index in [0.717, 1.165) is 6.07 Å². The summed E-state index contributed by atoms with van der Waals surface area (Å²) in [6.45, 7) is 7.28. The highest BCUT2D eigenvalue weighted by molar-refractivity contribution is 7.71. The van der Waals surface area contributed by atoms with Crippen molar-refractivity contribution in [1.29, 1.82) is 0 Å². The maximum absolute atomic E-state index is 13.7. The molecule has 0 radical (unpaired) electrons. The van der Waals surface area contributed by atoms with Crippen LogP contribution in [0.25, 0.3) is 11.0 Å². The molecule has 0 bridgehead atoms. The van der Waals surface area contributed by atoms with Crippen LogP contribution in [0.5, 0.6) is 0 Å². The van der Waals surface area contributed by atoms with Gasteiger partial charge in [0.25, 0.3) is 0 Å². The molecule has 1 N–H and O–H groups in total. The third-order valence-electron chi connectivity index (χ3n) is 6.53. The molecule has 186 valence electrons. The lowest BCUT2D eigenvalue weighted by Crippen LogP contribution is -2.39. The van der Waals surface area contributed by atoms with E-state index in [1.54, 1.807) is 37.1 Å². The van der Waals surface area contributed by atoms with Crippen molar-refractivity contribution in [2.24, 2.45) is 0 Å². The number of pyridine rings is 1. The van der Waals surface area contributed by atoms with E-state index in [1.807, 2.05) is 0 Å². The Morgan fingerprint density at radius 2 is 1.86 bits per heavy atom. The van der Waals surface area contributed by atoms with Gasteiger partial charge in [-0.15, -0.1) is 0 Å². The molecule has 3 heterocycles. The van der Waals surface area contributed by atoms with Crippen LogP contribution in [0.3, 0.4) is 0 Å². The normalized spacial score (nSPS) is 16.8. The fourth-order valence-electron chi connectivity index (χ4n) is 4.52. The quantitative estimate of drug-likeness (QED) is 0.518. The number of nitrogens with one attached hydrogen (secondary N) is 1. The molecule has 0 unspecified atom stereocenters. The van der Waals surface area contributed by atoms with Crippen molar-refractivity contribution < 1.29 is 22.5 Å². The molecule has 11 heteroatoms. The Hall–Kier alpha value is -3.00. The second-order valence-electron chi connectivity index (χ2n) is 8.91. The molecule has 0 saturated carbocycles. The van der Waals surface area contributed by atoms with Crippen LogP contribution in [-0.2, 0) is 15.5 Å². The number of rotatable bonds is 4. The van der Waals surface area contributed by atoms with Crippen LogP contribution in [0.2, 0.25) is 0 Å². The number of amides is 1. The molecule has 1 aliphatic heterocycles. The van der Waals surface area contributed by atoms with E-state index in [-0.39, 0.29) is 11.5 Å². The number of benzene rings is 1. The lowest BCUT2D eigenvalue weighted by molar-refractivity contribution is -0.138. The number of aromatic nitrogens is 3. The van der Waals surface area contributed by atoms with Gasteiger partial charge in [0.05, 0.1) is 17.0 Å². The van der Waals surface area contributed by atoms with Gasteiger partial charge in [0, 0.05) is 43.8 Å². The average molecular weight is 505 g/mol. The molecule has 1 amide bonds. The van der Waals surface area contributed by atoms with Gasteiger partial charge in [0.15, 0.2) is 5.65 Å². The van der Waals surface area contributed by atoms with Crippen LogP contribution in [0.4, 0.5) is 19.0 Å². The van der Waals surface area contributed by atoms with E-state index in [2.05, 4.69) is 20.3 Å². The number of carbonyl (C=O) groups excluding carboxylic acids is 1. The van der Waals surface area contributed by atoms with E-state index in [0.29, 0.717) is 59.0 Å². The van der Waals surface area contributed by atoms with Gasteiger partial charge in [-0.2, -0.15) is 13.2 Å². The van der Waals surface area contributed by atoms with Crippen molar-refractivity contribution in [3.63, 3.8) is 0 Å². The molecule has 1 aromatic carbocycles. The number of anilines is 1. The Labute approximate surface area is 201 Å². The summed E-state index contributed by atoms with van der Waals surface area (Å²) in [6, 6.07) is 5.39. The molecule has 4 rings (SSSR count). The van der Waals surface area contributed by atoms with Crippen LogP contribution >= 0.6 is 7.14 Å². The largest absolute Gasteiger partial charge is 0.416 e. The zero-order valence-corrected chi connectivity index (χ0v) is 20.9. The molecule has 1 aliphatic rings. The lowest BCUT2D eigenvalue weighted by Gasteiger charge is -2.31. The number of alkyl halides is 3. The van der Waals surface area contributed by atoms with E-state index >= 15 is 0 Å². The van der Waals surface area contributed by atoms with Crippen molar-refractivity contribution in [3.05, 3.63) is 53.0 Å². The van der Waals surface area contributed by atoms with Gasteiger partial charge in [-0.1, -0.05) is 12.1 Å². The van der Waals surface area contributed by atoms with Gasteiger partial charge in [-0.05, 0) is 44.0 Å². The van der Waals surface area contributed by atoms with Gasteiger partial charge in [0.1, 0.15) is 18.8 Å². The van der Waals surface area contributed by atoms with Gasteiger partial charge < -0.3 is 14.8 Å². The van der Waals surface area contributed by atoms with Crippen LogP contribution in [-0.4, -0.2) is 51.2 Å². The van der Waals surface area contributed by atoms with Gasteiger partial charge in [0.2, 0.25) is 5.91 Å². The first-order valence-electron chi connectivity index (χ1n) is 11.3. The van der Waals surface area contributed by atoms with Crippen molar-refractivity contribution in [2.45, 2.75) is 39.9 Å². The standard InChI is InChI=1S/C24H27F3N5O2P/c1-14-19(6-5-7-21(14)24(25,26)27)15(2)29-23-20-12-18(13-28-22(20)30-16(3)31-23)35(34)10-8-32(9-11-35)17(4)33/h5-7,12-13,15H,8-11H2,1-4H3,(H,28,29,30,31)/t15-/m1/s1. The maximum atomic E-state index is 13.7. The third-order valence-corrected chi connectivity index (χ3v) is 9.56. The lowest BCUT2D eigenvalue weighted by atomic mass is 9.97. The first-order chi connectivity index (χ1) is 16.4. The zero-order valence-electron chi connectivity index (χ0n) is 20.0. The number of nitrogens with zero attached hydrogens (tertiary/aromatic N) is 4. The molecule has 1 fully saturated rings. The minimum Gasteiger partial charge on any atom is -0.363 e. The molecular weight excluding hydrogens is 478 g/mol. The average Bonchev–Trinajstić information content (AvgIpc) is 2.78. The van der Waals surface area contributed by atoms with Crippen LogP contribution in [0, 0.1) is 13.8 Å². The first kappa shape index (κ1) is 25.1. The fourth-order valence-corrected chi connectivity index (χ4v) is 7.02. The summed E-state index contributed by atoms with van der Waals surface area (Å²) in [5.41, 5.74) is 0.380. The molecule has 0 aliphatic carbocycles. The number of hydrogen-bond acceptors (Lipinski definition) is 6. The summed E-state index contributed by atoms with van der Waals surface area (Å²) in [6.07, 6.45) is -2.13. The predicted molar refractivity (Wildman–Crippen MR) is 130 cm³/mol. The highest BCUT2D eigenvalue weighted by Gasteiger charge is 2.34. The summed E-state index contributed by atoms with van der Waals surface area (Å²) in [4.78, 5) is 26.6. The molecule has 35 heavy (non-hydrogen) atoms. The summed E-state index contributed by atoms with van der Waals surface area (Å²) in [7, 11) is -2.77. The third kappa shape index (κ3) is 5.03. The first-order valence-corrected chi connectivity index (χ1v) is 13.4. The van der Waals surface area contributed by atoms with Crippen molar-refractivity contribution in [3.8, 4) is 0 Å². The van der Waals surface area contributed by atoms with Gasteiger partial charge in [-0.25, -0.2) is 15.0 Å². The molecule has 1 atom stereocenters. The number of halogens is 3. The Bertz CT molecular complexity index is 1330. The van der Waals surface area contributed by atoms with Crippen molar-refractivity contribution >= 4 is 35.2 Å². The Morgan fingerprint density at radius 3 is 2.49 bits per heavy atom. The number of fused-ring (bicyclic) bond motifs is 1. The molecular formula is C24H27F3N5O2P. The smallest absolute Gasteiger partial charge is 0.363 e. The monoisotopic (exact) mass is 505 g/mol. The van der Waals surface area contributed by atoms with Gasteiger partial charge in [-0.3, -0.25) is 4.79 Å². The summed E-state index contributed by atoms with van der Waals surface area (Å²) in [5, 5.41) is 4.36. The van der Waals surface area contributed by atoms with Crippen LogP contribution in [0.1, 0.15) is 42.4 Å². The number of carbonyl (C=O) groups is 1. The molecule has 0 spiro atoms. The van der Waals surface area contributed by atoms with E-state index in [9.17, 15) is 22.5 Å². The Morgan fingerprint density at radius 1 is 1.17 bits per heavy atom. The highest BCUT2D eigenvalue weighted by atomic mass is 31.2. The van der Waals surface area contributed by atoms with Crippen molar-refractivity contribution in [2.75, 3.05) is 30.7 Å². The number of aryl methyl sites for hydroxylation is 1. The minimum absolute atomic E-state index is 0.0397. The molecule has 2 aromatic heterocycles. The van der Waals surface area contributed by atoms with E-state index in [1.165, 1.54) is 19.9 Å². The highest BCUT2D eigenvalue weighted by Crippen LogP contribution is 2.46. The summed E-state index contributed by atoms with van der Waals surface area (Å²) >= 11 is 0. The molecule has 7 nitrogen and oxygen atoms in total. The summed E-state index contributed by atoms with van der Waals surface area (Å²) in [5.74, 6) is 0.830. The zero-order chi connectivity index (χ0) is 25.5. The molecule has 3 aromatic rings.